The third-order valence-corrected chi connectivity index (χ3v) is 1.80. The maximum absolute atomic E-state index is 3.03. The van der Waals surface area contributed by atoms with E-state index in [1.54, 1.807) is 0 Å². The normalized spacial score (nSPS) is 9.00. The van der Waals surface area contributed by atoms with Gasteiger partial charge in [0.1, 0.15) is 0 Å². The smallest absolute Gasteiger partial charge is 0.00988 e. The fourth-order valence-corrected chi connectivity index (χ4v) is 0.914. The van der Waals surface area contributed by atoms with Crippen LogP contribution in [0.2, 0.25) is 0 Å². The van der Waals surface area contributed by atoms with Gasteiger partial charge in [0.25, 0.3) is 0 Å². The zero-order valence-corrected chi connectivity index (χ0v) is 9.40. The summed E-state index contributed by atoms with van der Waals surface area (Å²) in [6, 6.07) is 0. The van der Waals surface area contributed by atoms with Gasteiger partial charge in [-0.1, -0.05) is 51.0 Å². The molecular weight excluding hydrogens is 168 g/mol. The molecule has 0 aromatic rings. The van der Waals surface area contributed by atoms with Crippen LogP contribution < -0.4 is 0 Å². The molecule has 0 amide bonds. The molecule has 76 valence electrons. The van der Waals surface area contributed by atoms with Gasteiger partial charge in [-0.15, -0.1) is 0 Å². The lowest BCUT2D eigenvalue weighted by Gasteiger charge is -1.83. The van der Waals surface area contributed by atoms with E-state index in [0.29, 0.717) is 0 Å². The van der Waals surface area contributed by atoms with Gasteiger partial charge in [0.15, 0.2) is 0 Å². The van der Waals surface area contributed by atoms with Crippen LogP contribution in [0.15, 0.2) is 12.2 Å². The van der Waals surface area contributed by atoms with Crippen LogP contribution in [0.5, 0.6) is 0 Å². The largest absolute Gasteiger partial charge is 0.0891 e. The van der Waals surface area contributed by atoms with Gasteiger partial charge in [-0.25, -0.2) is 0 Å². The minimum Gasteiger partial charge on any atom is -0.0891 e. The predicted molar refractivity (Wildman–Crippen MR) is 63.7 cm³/mol. The van der Waals surface area contributed by atoms with Gasteiger partial charge in [0, 0.05) is 6.42 Å². The van der Waals surface area contributed by atoms with Crippen LogP contribution in [-0.4, -0.2) is 0 Å². The topological polar surface area (TPSA) is 0 Å². The summed E-state index contributed by atoms with van der Waals surface area (Å²) in [5.41, 5.74) is 0. The van der Waals surface area contributed by atoms with Gasteiger partial charge in [0.2, 0.25) is 0 Å². The monoisotopic (exact) mass is 188 g/mol. The zero-order valence-electron chi connectivity index (χ0n) is 9.40. The van der Waals surface area contributed by atoms with Crippen LogP contribution in [-0.2, 0) is 0 Å². The van der Waals surface area contributed by atoms with Crippen LogP contribution >= 0.6 is 0 Å². The Hall–Kier alpha value is -1.14. The van der Waals surface area contributed by atoms with Crippen molar-refractivity contribution in [2.24, 2.45) is 0 Å². The first kappa shape index (κ1) is 12.9. The van der Waals surface area contributed by atoms with Crippen molar-refractivity contribution in [2.75, 3.05) is 0 Å². The highest BCUT2D eigenvalue weighted by Crippen LogP contribution is 1.93. The van der Waals surface area contributed by atoms with E-state index in [1.807, 2.05) is 6.08 Å². The SMILES string of the molecule is CCCCC#CC#C/C=C/CCCC. The van der Waals surface area contributed by atoms with Crippen molar-refractivity contribution in [1.29, 1.82) is 0 Å². The van der Waals surface area contributed by atoms with Crippen LogP contribution in [0.25, 0.3) is 0 Å². The Kier molecular flexibility index (Phi) is 10.9. The van der Waals surface area contributed by atoms with Gasteiger partial charge in [-0.2, -0.15) is 0 Å². The predicted octanol–water partition coefficient (Wildman–Crippen LogP) is 3.93. The molecule has 0 aromatic heterocycles. The lowest BCUT2D eigenvalue weighted by Crippen LogP contribution is -1.66. The maximum atomic E-state index is 3.03. The van der Waals surface area contributed by atoms with E-state index in [2.05, 4.69) is 43.6 Å². The molecule has 0 aliphatic rings. The molecule has 0 aromatic carbocycles. The Morgan fingerprint density at radius 2 is 1.79 bits per heavy atom. The third-order valence-electron chi connectivity index (χ3n) is 1.80. The van der Waals surface area contributed by atoms with Crippen molar-refractivity contribution in [1.82, 2.24) is 0 Å². The van der Waals surface area contributed by atoms with E-state index >= 15 is 0 Å². The molecule has 0 rings (SSSR count). The summed E-state index contributed by atoms with van der Waals surface area (Å²) >= 11 is 0. The summed E-state index contributed by atoms with van der Waals surface area (Å²) in [4.78, 5) is 0. The highest BCUT2D eigenvalue weighted by atomic mass is 13.8. The van der Waals surface area contributed by atoms with Crippen LogP contribution in [0.1, 0.15) is 52.4 Å². The molecule has 0 radical (unpaired) electrons. The quantitative estimate of drug-likeness (QED) is 0.453. The first-order valence-electron chi connectivity index (χ1n) is 5.55. The third kappa shape index (κ3) is 10.9. The number of unbranched alkanes of at least 4 members (excludes halogenated alkanes) is 4. The summed E-state index contributed by atoms with van der Waals surface area (Å²) in [7, 11) is 0. The molecule has 0 spiro atoms. The average molecular weight is 188 g/mol. The highest BCUT2D eigenvalue weighted by molar-refractivity contribution is 5.30. The van der Waals surface area contributed by atoms with Gasteiger partial charge in [0.05, 0.1) is 0 Å². The van der Waals surface area contributed by atoms with E-state index in [9.17, 15) is 0 Å². The first-order valence-corrected chi connectivity index (χ1v) is 5.55. The lowest BCUT2D eigenvalue weighted by atomic mass is 10.2. The van der Waals surface area contributed by atoms with E-state index in [4.69, 9.17) is 0 Å². The summed E-state index contributed by atoms with van der Waals surface area (Å²) in [5.74, 6) is 11.6. The zero-order chi connectivity index (χ0) is 10.5. The Labute approximate surface area is 88.8 Å². The Balaban J connectivity index is 3.49. The van der Waals surface area contributed by atoms with Gasteiger partial charge < -0.3 is 0 Å². The van der Waals surface area contributed by atoms with Crippen molar-refractivity contribution in [2.45, 2.75) is 52.4 Å². The molecule has 0 heteroatoms. The lowest BCUT2D eigenvalue weighted by molar-refractivity contribution is 0.815. The fourth-order valence-electron chi connectivity index (χ4n) is 0.914. The van der Waals surface area contributed by atoms with E-state index < -0.39 is 0 Å². The van der Waals surface area contributed by atoms with E-state index in [0.717, 1.165) is 12.8 Å². The molecule has 0 heterocycles. The van der Waals surface area contributed by atoms with Gasteiger partial charge in [-0.05, 0) is 30.8 Å². The van der Waals surface area contributed by atoms with Crippen molar-refractivity contribution in [3.63, 3.8) is 0 Å². The van der Waals surface area contributed by atoms with Crippen LogP contribution in [0.4, 0.5) is 0 Å². The molecule has 0 saturated carbocycles. The second kappa shape index (κ2) is 11.9. The molecule has 0 aliphatic carbocycles. The van der Waals surface area contributed by atoms with Crippen molar-refractivity contribution in [3.05, 3.63) is 12.2 Å². The van der Waals surface area contributed by atoms with Gasteiger partial charge in [-0.3, -0.25) is 0 Å². The fraction of sp³-hybridized carbons (Fsp3) is 0.571. The molecular formula is C14H20. The minimum atomic E-state index is 0.977. The van der Waals surface area contributed by atoms with Crippen LogP contribution in [0.3, 0.4) is 0 Å². The Bertz CT molecular complexity index is 249. The molecule has 0 N–H and O–H groups in total. The summed E-state index contributed by atoms with van der Waals surface area (Å²) in [5, 5.41) is 0. The molecule has 0 aliphatic heterocycles. The molecule has 0 unspecified atom stereocenters. The molecule has 0 bridgehead atoms. The Morgan fingerprint density at radius 3 is 2.50 bits per heavy atom. The highest BCUT2D eigenvalue weighted by Gasteiger charge is 1.75. The number of hydrogen-bond acceptors (Lipinski definition) is 0. The first-order chi connectivity index (χ1) is 6.91. The van der Waals surface area contributed by atoms with Crippen molar-refractivity contribution >= 4 is 0 Å². The molecule has 0 atom stereocenters. The molecule has 14 heavy (non-hydrogen) atoms. The van der Waals surface area contributed by atoms with Gasteiger partial charge >= 0.3 is 0 Å². The summed E-state index contributed by atoms with van der Waals surface area (Å²) in [6.45, 7) is 4.36. The summed E-state index contributed by atoms with van der Waals surface area (Å²) in [6.07, 6.45) is 11.0. The number of allylic oxidation sites excluding steroid dienone is 2. The molecule has 0 saturated heterocycles. The average Bonchev–Trinajstić information content (AvgIpc) is 2.21. The molecule has 0 fully saturated rings. The molecule has 0 nitrogen and oxygen atoms in total. The number of hydrogen-bond donors (Lipinski definition) is 0. The minimum absolute atomic E-state index is 0.977. The standard InChI is InChI=1S/C14H20/c1-3-5-7-9-11-13-14-12-10-8-6-4-2/h9,11H,3-8H2,1-2H3/b11-9+. The Morgan fingerprint density at radius 1 is 1.00 bits per heavy atom. The van der Waals surface area contributed by atoms with Crippen molar-refractivity contribution < 1.29 is 0 Å². The second-order valence-electron chi connectivity index (χ2n) is 3.22. The van der Waals surface area contributed by atoms with E-state index in [-0.39, 0.29) is 0 Å². The maximum Gasteiger partial charge on any atom is 0.00988 e. The number of rotatable bonds is 5. The second-order valence-corrected chi connectivity index (χ2v) is 3.22. The van der Waals surface area contributed by atoms with E-state index in [1.165, 1.54) is 25.7 Å². The van der Waals surface area contributed by atoms with Crippen LogP contribution in [0, 0.1) is 23.7 Å². The van der Waals surface area contributed by atoms with Crippen molar-refractivity contribution in [3.8, 4) is 23.7 Å². The summed E-state index contributed by atoms with van der Waals surface area (Å²) < 4.78 is 0.